The molecule has 2 heterocycles. The van der Waals surface area contributed by atoms with Crippen LogP contribution < -0.4 is 5.32 Å². The Morgan fingerprint density at radius 3 is 2.77 bits per heavy atom. The molecule has 110 valence electrons. The first kappa shape index (κ1) is 13.7. The number of anilines is 2. The van der Waals surface area contributed by atoms with E-state index in [2.05, 4.69) is 20.4 Å². The summed E-state index contributed by atoms with van der Waals surface area (Å²) < 4.78 is 1.61. The summed E-state index contributed by atoms with van der Waals surface area (Å²) in [7, 11) is 1.75. The van der Waals surface area contributed by atoms with Gasteiger partial charge in [-0.25, -0.2) is 9.97 Å². The van der Waals surface area contributed by atoms with Gasteiger partial charge in [-0.2, -0.15) is 5.10 Å². The predicted molar refractivity (Wildman–Crippen MR) is 80.6 cm³/mol. The lowest BCUT2D eigenvalue weighted by atomic mass is 10.2. The van der Waals surface area contributed by atoms with Crippen LogP contribution in [0.1, 0.15) is 0 Å². The minimum absolute atomic E-state index is 0.127. The fourth-order valence-electron chi connectivity index (χ4n) is 2.01. The van der Waals surface area contributed by atoms with E-state index in [0.717, 1.165) is 17.5 Å². The van der Waals surface area contributed by atoms with Crippen molar-refractivity contribution in [3.63, 3.8) is 0 Å². The maximum absolute atomic E-state index is 11.0. The van der Waals surface area contributed by atoms with E-state index < -0.39 is 4.92 Å². The summed E-state index contributed by atoms with van der Waals surface area (Å²) in [5, 5.41) is 18.3. The first-order valence-electron chi connectivity index (χ1n) is 6.46. The average molecular weight is 296 g/mol. The van der Waals surface area contributed by atoms with Crippen molar-refractivity contribution in [2.45, 2.75) is 0 Å². The summed E-state index contributed by atoms with van der Waals surface area (Å²) in [6, 6.07) is 11.5. The van der Waals surface area contributed by atoms with Gasteiger partial charge < -0.3 is 5.32 Å². The normalized spacial score (nSPS) is 10.4. The van der Waals surface area contributed by atoms with Gasteiger partial charge in [-0.15, -0.1) is 0 Å². The third-order valence-corrected chi connectivity index (χ3v) is 3.09. The highest BCUT2D eigenvalue weighted by Gasteiger charge is 2.17. The zero-order chi connectivity index (χ0) is 15.5. The van der Waals surface area contributed by atoms with Crippen LogP contribution in [-0.2, 0) is 7.05 Å². The first-order valence-corrected chi connectivity index (χ1v) is 6.46. The molecule has 0 saturated carbocycles. The predicted octanol–water partition coefficient (Wildman–Crippen LogP) is 2.53. The molecule has 2 aromatic heterocycles. The van der Waals surface area contributed by atoms with Gasteiger partial charge in [0.25, 0.3) is 0 Å². The number of nitrogens with one attached hydrogen (secondary N) is 1. The van der Waals surface area contributed by atoms with Gasteiger partial charge in [-0.3, -0.25) is 14.8 Å². The highest BCUT2D eigenvalue weighted by atomic mass is 16.6. The van der Waals surface area contributed by atoms with Crippen LogP contribution in [-0.4, -0.2) is 24.7 Å². The van der Waals surface area contributed by atoms with E-state index in [4.69, 9.17) is 0 Å². The number of hydrogen-bond acceptors (Lipinski definition) is 6. The van der Waals surface area contributed by atoms with Crippen LogP contribution in [0.3, 0.4) is 0 Å². The quantitative estimate of drug-likeness (QED) is 0.586. The van der Waals surface area contributed by atoms with Gasteiger partial charge in [0.1, 0.15) is 18.3 Å². The molecule has 0 atom stereocenters. The minimum Gasteiger partial charge on any atom is -0.319 e. The molecule has 1 N–H and O–H groups in total. The van der Waals surface area contributed by atoms with E-state index in [0.29, 0.717) is 5.82 Å². The standard InChI is InChI=1S/C14H12N6O2/c1-19-13(7-11(18-19)10-5-3-2-4-6-10)17-14-12(20(21)22)8-15-9-16-14/h2-9H,1H3,(H,15,16,17). The second-order valence-corrected chi connectivity index (χ2v) is 4.54. The van der Waals surface area contributed by atoms with E-state index in [1.165, 1.54) is 6.33 Å². The molecular formula is C14H12N6O2. The van der Waals surface area contributed by atoms with Crippen LogP contribution in [0.5, 0.6) is 0 Å². The Bertz CT molecular complexity index is 815. The van der Waals surface area contributed by atoms with E-state index >= 15 is 0 Å². The molecular weight excluding hydrogens is 284 g/mol. The number of aromatic nitrogens is 4. The van der Waals surface area contributed by atoms with E-state index in [-0.39, 0.29) is 11.5 Å². The van der Waals surface area contributed by atoms with Crippen molar-refractivity contribution in [1.82, 2.24) is 19.7 Å². The molecule has 0 saturated heterocycles. The first-order chi connectivity index (χ1) is 10.6. The Labute approximate surface area is 125 Å². The molecule has 0 aliphatic carbocycles. The molecule has 0 bridgehead atoms. The fraction of sp³-hybridized carbons (Fsp3) is 0.0714. The molecule has 0 fully saturated rings. The van der Waals surface area contributed by atoms with Crippen molar-refractivity contribution in [1.29, 1.82) is 0 Å². The second-order valence-electron chi connectivity index (χ2n) is 4.54. The molecule has 0 unspecified atom stereocenters. The third-order valence-electron chi connectivity index (χ3n) is 3.09. The van der Waals surface area contributed by atoms with Gasteiger partial charge in [0, 0.05) is 18.7 Å². The molecule has 1 aromatic carbocycles. The van der Waals surface area contributed by atoms with Crippen LogP contribution in [0.2, 0.25) is 0 Å². The number of nitro groups is 1. The molecule has 0 amide bonds. The average Bonchev–Trinajstić information content (AvgIpc) is 2.90. The maximum Gasteiger partial charge on any atom is 0.329 e. The zero-order valence-electron chi connectivity index (χ0n) is 11.7. The zero-order valence-corrected chi connectivity index (χ0v) is 11.7. The SMILES string of the molecule is Cn1nc(-c2ccccc2)cc1Nc1ncncc1[N+](=O)[O-]. The topological polar surface area (TPSA) is 98.8 Å². The van der Waals surface area contributed by atoms with Crippen molar-refractivity contribution < 1.29 is 4.92 Å². The largest absolute Gasteiger partial charge is 0.329 e. The van der Waals surface area contributed by atoms with Crippen molar-refractivity contribution in [2.75, 3.05) is 5.32 Å². The van der Waals surface area contributed by atoms with Gasteiger partial charge in [-0.1, -0.05) is 30.3 Å². The number of benzene rings is 1. The molecule has 0 spiro atoms. The highest BCUT2D eigenvalue weighted by molar-refractivity contribution is 5.68. The van der Waals surface area contributed by atoms with Gasteiger partial charge in [-0.05, 0) is 0 Å². The molecule has 3 rings (SSSR count). The lowest BCUT2D eigenvalue weighted by Crippen LogP contribution is -2.03. The molecule has 0 aliphatic rings. The summed E-state index contributed by atoms with van der Waals surface area (Å²) in [5.41, 5.74) is 1.54. The Morgan fingerprint density at radius 2 is 2.05 bits per heavy atom. The van der Waals surface area contributed by atoms with Crippen LogP contribution in [0.4, 0.5) is 17.3 Å². The summed E-state index contributed by atoms with van der Waals surface area (Å²) in [4.78, 5) is 18.0. The van der Waals surface area contributed by atoms with Crippen LogP contribution in [0.15, 0.2) is 48.9 Å². The van der Waals surface area contributed by atoms with Crippen LogP contribution in [0, 0.1) is 10.1 Å². The lowest BCUT2D eigenvalue weighted by Gasteiger charge is -2.04. The molecule has 0 radical (unpaired) electrons. The van der Waals surface area contributed by atoms with Crippen LogP contribution in [0.25, 0.3) is 11.3 Å². The Hall–Kier alpha value is -3.29. The minimum atomic E-state index is -0.531. The monoisotopic (exact) mass is 296 g/mol. The molecule has 8 nitrogen and oxygen atoms in total. The number of aryl methyl sites for hydroxylation is 1. The summed E-state index contributed by atoms with van der Waals surface area (Å²) >= 11 is 0. The number of hydrogen-bond donors (Lipinski definition) is 1. The number of nitrogens with zero attached hydrogens (tertiary/aromatic N) is 5. The second kappa shape index (κ2) is 5.60. The van der Waals surface area contributed by atoms with Crippen molar-refractivity contribution in [2.24, 2.45) is 7.05 Å². The van der Waals surface area contributed by atoms with Crippen LogP contribution >= 0.6 is 0 Å². The maximum atomic E-state index is 11.0. The van der Waals surface area contributed by atoms with Gasteiger partial charge in [0.05, 0.1) is 10.6 Å². The Morgan fingerprint density at radius 1 is 1.27 bits per heavy atom. The van der Waals surface area contributed by atoms with Crippen molar-refractivity contribution >= 4 is 17.3 Å². The lowest BCUT2D eigenvalue weighted by molar-refractivity contribution is -0.384. The highest BCUT2D eigenvalue weighted by Crippen LogP contribution is 2.26. The summed E-state index contributed by atoms with van der Waals surface area (Å²) in [5.74, 6) is 0.725. The van der Waals surface area contributed by atoms with Crippen molar-refractivity contribution in [3.05, 3.63) is 59.0 Å². The summed E-state index contributed by atoms with van der Waals surface area (Å²) in [6.45, 7) is 0. The van der Waals surface area contributed by atoms with E-state index in [1.54, 1.807) is 17.8 Å². The smallest absolute Gasteiger partial charge is 0.319 e. The van der Waals surface area contributed by atoms with Gasteiger partial charge in [0.15, 0.2) is 0 Å². The molecule has 22 heavy (non-hydrogen) atoms. The van der Waals surface area contributed by atoms with Gasteiger partial charge >= 0.3 is 5.69 Å². The Kier molecular flexibility index (Phi) is 3.48. The molecule has 0 aliphatic heterocycles. The number of rotatable bonds is 4. The molecule has 8 heteroatoms. The van der Waals surface area contributed by atoms with E-state index in [1.807, 2.05) is 30.3 Å². The van der Waals surface area contributed by atoms with Gasteiger partial charge in [0.2, 0.25) is 5.82 Å². The third kappa shape index (κ3) is 2.62. The Balaban J connectivity index is 1.94. The fourth-order valence-corrected chi connectivity index (χ4v) is 2.01. The van der Waals surface area contributed by atoms with E-state index in [9.17, 15) is 10.1 Å². The molecule has 3 aromatic rings. The van der Waals surface area contributed by atoms with Crippen molar-refractivity contribution in [3.8, 4) is 11.3 Å². The summed E-state index contributed by atoms with van der Waals surface area (Å²) in [6.07, 6.45) is 2.41.